The van der Waals surface area contributed by atoms with Gasteiger partial charge >= 0.3 is 0 Å². The minimum absolute atomic E-state index is 0.0896. The van der Waals surface area contributed by atoms with E-state index in [2.05, 4.69) is 40.1 Å². The summed E-state index contributed by atoms with van der Waals surface area (Å²) >= 11 is 3.43. The van der Waals surface area contributed by atoms with Gasteiger partial charge in [0.2, 0.25) is 0 Å². The molecule has 0 saturated heterocycles. The predicted octanol–water partition coefficient (Wildman–Crippen LogP) is 2.93. The Kier molecular flexibility index (Phi) is 5.62. The molecule has 1 amide bonds. The average molecular weight is 299 g/mol. The van der Waals surface area contributed by atoms with Crippen LogP contribution >= 0.6 is 15.9 Å². The summed E-state index contributed by atoms with van der Waals surface area (Å²) in [6.45, 7) is 6.19. The van der Waals surface area contributed by atoms with Gasteiger partial charge in [-0.05, 0) is 30.9 Å². The van der Waals surface area contributed by atoms with E-state index in [4.69, 9.17) is 0 Å². The van der Waals surface area contributed by atoms with Gasteiger partial charge in [0.05, 0.1) is 0 Å². The number of pyridine rings is 1. The van der Waals surface area contributed by atoms with Crippen LogP contribution in [-0.4, -0.2) is 22.3 Å². The van der Waals surface area contributed by atoms with Gasteiger partial charge in [-0.2, -0.15) is 0 Å². The molecule has 0 fully saturated rings. The molecule has 0 aromatic carbocycles. The fraction of sp³-hybridized carbons (Fsp3) is 0.538. The fourth-order valence-corrected chi connectivity index (χ4v) is 2.13. The van der Waals surface area contributed by atoms with E-state index in [9.17, 15) is 4.79 Å². The molecule has 1 unspecified atom stereocenters. The summed E-state index contributed by atoms with van der Waals surface area (Å²) in [6, 6.07) is 3.89. The van der Waals surface area contributed by atoms with Crippen molar-refractivity contribution in [3.63, 3.8) is 0 Å². The minimum atomic E-state index is -0.0896. The molecule has 0 aliphatic carbocycles. The van der Waals surface area contributed by atoms with E-state index in [1.807, 2.05) is 19.1 Å². The van der Waals surface area contributed by atoms with Crippen molar-refractivity contribution in [2.24, 2.45) is 5.92 Å². The molecule has 3 nitrogen and oxygen atoms in total. The van der Waals surface area contributed by atoms with Gasteiger partial charge in [-0.1, -0.05) is 35.8 Å². The monoisotopic (exact) mass is 298 g/mol. The number of carbonyl (C=O) groups is 1. The van der Waals surface area contributed by atoms with E-state index in [1.165, 1.54) is 0 Å². The Morgan fingerprint density at radius 1 is 1.53 bits per heavy atom. The van der Waals surface area contributed by atoms with Gasteiger partial charge in [-0.3, -0.25) is 9.78 Å². The van der Waals surface area contributed by atoms with Crippen molar-refractivity contribution in [1.82, 2.24) is 10.3 Å². The van der Waals surface area contributed by atoms with Crippen LogP contribution in [-0.2, 0) is 0 Å². The van der Waals surface area contributed by atoms with Crippen molar-refractivity contribution >= 4 is 21.8 Å². The Labute approximate surface area is 111 Å². The van der Waals surface area contributed by atoms with Gasteiger partial charge in [-0.15, -0.1) is 0 Å². The van der Waals surface area contributed by atoms with Crippen LogP contribution < -0.4 is 5.32 Å². The maximum absolute atomic E-state index is 12.0. The molecule has 0 aliphatic heterocycles. The number of alkyl halides is 1. The maximum atomic E-state index is 12.0. The first-order chi connectivity index (χ1) is 8.04. The summed E-state index contributed by atoms with van der Waals surface area (Å²) in [6.07, 6.45) is 2.61. The normalized spacial score (nSPS) is 12.5. The van der Waals surface area contributed by atoms with Gasteiger partial charge in [0, 0.05) is 17.6 Å². The molecular formula is C13H19BrN2O. The van der Waals surface area contributed by atoms with Crippen LogP contribution in [0, 0.1) is 12.8 Å². The van der Waals surface area contributed by atoms with Gasteiger partial charge in [0.15, 0.2) is 0 Å². The first kappa shape index (κ1) is 14.2. The highest BCUT2D eigenvalue weighted by atomic mass is 79.9. The topological polar surface area (TPSA) is 42.0 Å². The van der Waals surface area contributed by atoms with Crippen LogP contribution in [0.25, 0.3) is 0 Å². The molecule has 1 rings (SSSR count). The average Bonchev–Trinajstić information content (AvgIpc) is 2.27. The molecule has 94 valence electrons. The van der Waals surface area contributed by atoms with Gasteiger partial charge < -0.3 is 5.32 Å². The van der Waals surface area contributed by atoms with E-state index in [0.29, 0.717) is 11.6 Å². The van der Waals surface area contributed by atoms with Crippen LogP contribution in [0.5, 0.6) is 0 Å². The highest BCUT2D eigenvalue weighted by Gasteiger charge is 2.16. The van der Waals surface area contributed by atoms with Crippen molar-refractivity contribution in [1.29, 1.82) is 0 Å². The minimum Gasteiger partial charge on any atom is -0.347 e. The number of carbonyl (C=O) groups excluding carboxylic acids is 1. The molecular weight excluding hydrogens is 280 g/mol. The number of aromatic nitrogens is 1. The summed E-state index contributed by atoms with van der Waals surface area (Å²) < 4.78 is 0. The number of hydrogen-bond acceptors (Lipinski definition) is 2. The van der Waals surface area contributed by atoms with E-state index in [1.54, 1.807) is 6.20 Å². The second-order valence-corrected chi connectivity index (χ2v) is 5.27. The second kappa shape index (κ2) is 6.74. The summed E-state index contributed by atoms with van der Waals surface area (Å²) in [4.78, 5) is 16.1. The lowest BCUT2D eigenvalue weighted by Gasteiger charge is -2.18. The molecule has 1 aromatic heterocycles. The molecule has 0 spiro atoms. The molecule has 1 atom stereocenters. The van der Waals surface area contributed by atoms with Crippen molar-refractivity contribution in [3.05, 3.63) is 29.6 Å². The fourth-order valence-electron chi connectivity index (χ4n) is 1.71. The molecule has 1 aromatic rings. The summed E-state index contributed by atoms with van der Waals surface area (Å²) in [5.41, 5.74) is 1.42. The molecule has 1 heterocycles. The second-order valence-electron chi connectivity index (χ2n) is 4.62. The SMILES string of the molecule is Cc1cccnc1C(=O)NC(CBr)CC(C)C. The van der Waals surface area contributed by atoms with Gasteiger partial charge in [-0.25, -0.2) is 0 Å². The first-order valence-corrected chi connectivity index (χ1v) is 6.95. The number of amides is 1. The van der Waals surface area contributed by atoms with Crippen LogP contribution in [0.2, 0.25) is 0 Å². The largest absolute Gasteiger partial charge is 0.347 e. The standard InChI is InChI=1S/C13H19BrN2O/c1-9(2)7-11(8-14)16-13(17)12-10(3)5-4-6-15-12/h4-6,9,11H,7-8H2,1-3H3,(H,16,17). The quantitative estimate of drug-likeness (QED) is 0.849. The Hall–Kier alpha value is -0.900. The highest BCUT2D eigenvalue weighted by molar-refractivity contribution is 9.09. The first-order valence-electron chi connectivity index (χ1n) is 5.83. The lowest BCUT2D eigenvalue weighted by atomic mass is 10.0. The van der Waals surface area contributed by atoms with E-state index < -0.39 is 0 Å². The lowest BCUT2D eigenvalue weighted by Crippen LogP contribution is -2.37. The van der Waals surface area contributed by atoms with Gasteiger partial charge in [0.1, 0.15) is 5.69 Å². The maximum Gasteiger partial charge on any atom is 0.270 e. The number of nitrogens with zero attached hydrogens (tertiary/aromatic N) is 1. The zero-order valence-electron chi connectivity index (χ0n) is 10.5. The summed E-state index contributed by atoms with van der Waals surface area (Å²) in [7, 11) is 0. The Morgan fingerprint density at radius 3 is 2.76 bits per heavy atom. The van der Waals surface area contributed by atoms with Crippen LogP contribution in [0.1, 0.15) is 36.3 Å². The van der Waals surface area contributed by atoms with Crippen molar-refractivity contribution in [3.8, 4) is 0 Å². The zero-order chi connectivity index (χ0) is 12.8. The molecule has 1 N–H and O–H groups in total. The molecule has 0 radical (unpaired) electrons. The smallest absolute Gasteiger partial charge is 0.270 e. The predicted molar refractivity (Wildman–Crippen MR) is 73.5 cm³/mol. The Bertz CT molecular complexity index is 379. The number of halogens is 1. The number of hydrogen-bond donors (Lipinski definition) is 1. The van der Waals surface area contributed by atoms with Crippen LogP contribution in [0.4, 0.5) is 0 Å². The third-order valence-corrected chi connectivity index (χ3v) is 3.28. The van der Waals surface area contributed by atoms with E-state index >= 15 is 0 Å². The number of rotatable bonds is 5. The van der Waals surface area contributed by atoms with Crippen LogP contribution in [0.15, 0.2) is 18.3 Å². The number of aryl methyl sites for hydroxylation is 1. The van der Waals surface area contributed by atoms with Gasteiger partial charge in [0.25, 0.3) is 5.91 Å². The molecule has 4 heteroatoms. The van der Waals surface area contributed by atoms with Crippen molar-refractivity contribution in [2.45, 2.75) is 33.2 Å². The summed E-state index contributed by atoms with van der Waals surface area (Å²) in [5.74, 6) is 0.468. The molecule has 0 bridgehead atoms. The van der Waals surface area contributed by atoms with E-state index in [0.717, 1.165) is 17.3 Å². The molecule has 17 heavy (non-hydrogen) atoms. The number of nitrogens with one attached hydrogen (secondary N) is 1. The third kappa shape index (κ3) is 4.46. The summed E-state index contributed by atoms with van der Waals surface area (Å²) in [5, 5.41) is 3.77. The Morgan fingerprint density at radius 2 is 2.24 bits per heavy atom. The zero-order valence-corrected chi connectivity index (χ0v) is 12.1. The molecule has 0 saturated carbocycles. The van der Waals surface area contributed by atoms with Crippen molar-refractivity contribution < 1.29 is 4.79 Å². The van der Waals surface area contributed by atoms with E-state index in [-0.39, 0.29) is 11.9 Å². The molecule has 0 aliphatic rings. The highest BCUT2D eigenvalue weighted by Crippen LogP contribution is 2.09. The van der Waals surface area contributed by atoms with Crippen molar-refractivity contribution in [2.75, 3.05) is 5.33 Å². The third-order valence-electron chi connectivity index (χ3n) is 2.50. The Balaban J connectivity index is 2.68. The lowest BCUT2D eigenvalue weighted by molar-refractivity contribution is 0.0931. The van der Waals surface area contributed by atoms with Crippen LogP contribution in [0.3, 0.4) is 0 Å².